The Kier molecular flexibility index (Phi) is 5.45. The van der Waals surface area contributed by atoms with Crippen molar-refractivity contribution in [3.63, 3.8) is 0 Å². The maximum absolute atomic E-state index is 12.1. The van der Waals surface area contributed by atoms with E-state index in [4.69, 9.17) is 0 Å². The van der Waals surface area contributed by atoms with Gasteiger partial charge in [-0.05, 0) is 26.7 Å². The second kappa shape index (κ2) is 6.62. The Balaban J connectivity index is 2.46. The number of likely N-dealkylation sites (tertiary alicyclic amines) is 1. The van der Waals surface area contributed by atoms with E-state index >= 15 is 0 Å². The van der Waals surface area contributed by atoms with Crippen LogP contribution in [0, 0.1) is 5.92 Å². The number of carbonyl (C=O) groups excluding carboxylic acids is 2. The van der Waals surface area contributed by atoms with Gasteiger partial charge in [0, 0.05) is 38.5 Å². The van der Waals surface area contributed by atoms with Crippen LogP contribution in [-0.4, -0.2) is 47.8 Å². The lowest BCUT2D eigenvalue weighted by Crippen LogP contribution is -2.44. The zero-order chi connectivity index (χ0) is 12.8. The topological polar surface area (TPSA) is 40.6 Å². The van der Waals surface area contributed by atoms with Crippen LogP contribution in [0.5, 0.6) is 0 Å². The summed E-state index contributed by atoms with van der Waals surface area (Å²) in [6.45, 7) is 8.95. The smallest absolute Gasteiger partial charge is 0.225 e. The Morgan fingerprint density at radius 2 is 1.65 bits per heavy atom. The third-order valence-corrected chi connectivity index (χ3v) is 3.57. The van der Waals surface area contributed by atoms with Crippen molar-refractivity contribution in [2.45, 2.75) is 40.0 Å². The van der Waals surface area contributed by atoms with Gasteiger partial charge in [0.05, 0.1) is 0 Å². The van der Waals surface area contributed by atoms with Crippen molar-refractivity contribution in [2.75, 3.05) is 26.2 Å². The number of hydrogen-bond donors (Lipinski definition) is 0. The number of hydrogen-bond acceptors (Lipinski definition) is 2. The first-order valence-electron chi connectivity index (χ1n) is 6.70. The summed E-state index contributed by atoms with van der Waals surface area (Å²) in [6, 6.07) is 0. The standard InChI is InChI=1S/C13H24N2O2/c1-4-12(16)15-9-7-11(8-10-15)13(17)14(5-2)6-3/h11H,4-10H2,1-3H3. The van der Waals surface area contributed by atoms with Crippen LogP contribution in [0.4, 0.5) is 0 Å². The summed E-state index contributed by atoms with van der Waals surface area (Å²) in [7, 11) is 0. The molecule has 0 bridgehead atoms. The van der Waals surface area contributed by atoms with Gasteiger partial charge in [0.15, 0.2) is 0 Å². The van der Waals surface area contributed by atoms with Gasteiger partial charge in [0.1, 0.15) is 0 Å². The summed E-state index contributed by atoms with van der Waals surface area (Å²) in [5.41, 5.74) is 0. The average Bonchev–Trinajstić information content (AvgIpc) is 2.39. The van der Waals surface area contributed by atoms with E-state index < -0.39 is 0 Å². The van der Waals surface area contributed by atoms with Gasteiger partial charge in [-0.15, -0.1) is 0 Å². The molecule has 0 aromatic rings. The van der Waals surface area contributed by atoms with Gasteiger partial charge in [0.25, 0.3) is 0 Å². The molecule has 1 fully saturated rings. The van der Waals surface area contributed by atoms with Gasteiger partial charge in [-0.2, -0.15) is 0 Å². The molecule has 0 aromatic heterocycles. The summed E-state index contributed by atoms with van der Waals surface area (Å²) < 4.78 is 0. The molecule has 4 heteroatoms. The van der Waals surface area contributed by atoms with Crippen molar-refractivity contribution >= 4 is 11.8 Å². The molecule has 4 nitrogen and oxygen atoms in total. The molecule has 0 radical (unpaired) electrons. The lowest BCUT2D eigenvalue weighted by molar-refractivity contribution is -0.140. The molecule has 1 aliphatic rings. The van der Waals surface area contributed by atoms with Crippen molar-refractivity contribution in [3.8, 4) is 0 Å². The fraction of sp³-hybridized carbons (Fsp3) is 0.846. The highest BCUT2D eigenvalue weighted by molar-refractivity contribution is 5.80. The van der Waals surface area contributed by atoms with E-state index in [0.717, 1.165) is 39.0 Å². The fourth-order valence-electron chi connectivity index (χ4n) is 2.39. The Bertz CT molecular complexity index is 267. The van der Waals surface area contributed by atoms with Crippen molar-refractivity contribution in [3.05, 3.63) is 0 Å². The molecule has 17 heavy (non-hydrogen) atoms. The molecule has 0 saturated carbocycles. The lowest BCUT2D eigenvalue weighted by atomic mass is 9.95. The molecule has 0 spiro atoms. The van der Waals surface area contributed by atoms with Crippen LogP contribution < -0.4 is 0 Å². The first kappa shape index (κ1) is 14.0. The number of amides is 2. The van der Waals surface area contributed by atoms with E-state index in [9.17, 15) is 9.59 Å². The van der Waals surface area contributed by atoms with E-state index in [-0.39, 0.29) is 17.7 Å². The number of rotatable bonds is 4. The quantitative estimate of drug-likeness (QED) is 0.747. The first-order chi connectivity index (χ1) is 8.13. The van der Waals surface area contributed by atoms with Gasteiger partial charge < -0.3 is 9.80 Å². The molecular weight excluding hydrogens is 216 g/mol. The lowest BCUT2D eigenvalue weighted by Gasteiger charge is -2.33. The molecule has 2 amide bonds. The highest BCUT2D eigenvalue weighted by Gasteiger charge is 2.28. The minimum absolute atomic E-state index is 0.121. The van der Waals surface area contributed by atoms with Gasteiger partial charge >= 0.3 is 0 Å². The normalized spacial score (nSPS) is 17.0. The molecule has 0 atom stereocenters. The predicted molar refractivity (Wildman–Crippen MR) is 67.5 cm³/mol. The monoisotopic (exact) mass is 240 g/mol. The second-order valence-electron chi connectivity index (χ2n) is 4.52. The molecule has 0 aromatic carbocycles. The third-order valence-electron chi connectivity index (χ3n) is 3.57. The van der Waals surface area contributed by atoms with Crippen molar-refractivity contribution in [1.82, 2.24) is 9.80 Å². The van der Waals surface area contributed by atoms with E-state index in [0.29, 0.717) is 6.42 Å². The summed E-state index contributed by atoms with van der Waals surface area (Å²) >= 11 is 0. The molecule has 0 N–H and O–H groups in total. The zero-order valence-corrected chi connectivity index (χ0v) is 11.2. The van der Waals surface area contributed by atoms with Crippen molar-refractivity contribution < 1.29 is 9.59 Å². The summed E-state index contributed by atoms with van der Waals surface area (Å²) in [6.07, 6.45) is 2.21. The largest absolute Gasteiger partial charge is 0.343 e. The maximum Gasteiger partial charge on any atom is 0.225 e. The van der Waals surface area contributed by atoms with Crippen LogP contribution in [0.25, 0.3) is 0 Å². The van der Waals surface area contributed by atoms with E-state index in [1.165, 1.54) is 0 Å². The van der Waals surface area contributed by atoms with Crippen LogP contribution in [0.3, 0.4) is 0 Å². The summed E-state index contributed by atoms with van der Waals surface area (Å²) in [5.74, 6) is 0.591. The Hall–Kier alpha value is -1.06. The van der Waals surface area contributed by atoms with Crippen molar-refractivity contribution in [2.24, 2.45) is 5.92 Å². The SMILES string of the molecule is CCC(=O)N1CCC(C(=O)N(CC)CC)CC1. The predicted octanol–water partition coefficient (Wildman–Crippen LogP) is 1.50. The highest BCUT2D eigenvalue weighted by Crippen LogP contribution is 2.20. The Morgan fingerprint density at radius 1 is 1.12 bits per heavy atom. The number of piperidine rings is 1. The molecule has 1 saturated heterocycles. The molecular formula is C13H24N2O2. The van der Waals surface area contributed by atoms with Gasteiger partial charge in [-0.1, -0.05) is 6.92 Å². The van der Waals surface area contributed by atoms with Gasteiger partial charge in [-0.25, -0.2) is 0 Å². The maximum atomic E-state index is 12.1. The molecule has 1 rings (SSSR count). The summed E-state index contributed by atoms with van der Waals surface area (Å²) in [4.78, 5) is 27.4. The van der Waals surface area contributed by atoms with Crippen LogP contribution in [0.2, 0.25) is 0 Å². The van der Waals surface area contributed by atoms with Crippen LogP contribution in [0.1, 0.15) is 40.0 Å². The van der Waals surface area contributed by atoms with Gasteiger partial charge in [-0.3, -0.25) is 9.59 Å². The number of nitrogens with zero attached hydrogens (tertiary/aromatic N) is 2. The van der Waals surface area contributed by atoms with E-state index in [1.54, 1.807) is 0 Å². The zero-order valence-electron chi connectivity index (χ0n) is 11.2. The highest BCUT2D eigenvalue weighted by atomic mass is 16.2. The Morgan fingerprint density at radius 3 is 2.06 bits per heavy atom. The van der Waals surface area contributed by atoms with Crippen LogP contribution in [-0.2, 0) is 9.59 Å². The van der Waals surface area contributed by atoms with Crippen LogP contribution in [0.15, 0.2) is 0 Å². The van der Waals surface area contributed by atoms with Gasteiger partial charge in [0.2, 0.25) is 11.8 Å². The second-order valence-corrected chi connectivity index (χ2v) is 4.52. The molecule has 98 valence electrons. The molecule has 0 aliphatic carbocycles. The minimum atomic E-state index is 0.121. The minimum Gasteiger partial charge on any atom is -0.343 e. The average molecular weight is 240 g/mol. The fourth-order valence-corrected chi connectivity index (χ4v) is 2.39. The summed E-state index contributed by atoms with van der Waals surface area (Å²) in [5, 5.41) is 0. The van der Waals surface area contributed by atoms with E-state index in [1.807, 2.05) is 30.6 Å². The molecule has 0 unspecified atom stereocenters. The van der Waals surface area contributed by atoms with Crippen LogP contribution >= 0.6 is 0 Å². The Labute approximate surface area is 104 Å². The van der Waals surface area contributed by atoms with E-state index in [2.05, 4.69) is 0 Å². The third kappa shape index (κ3) is 3.45. The molecule has 1 aliphatic heterocycles. The number of carbonyl (C=O) groups is 2. The first-order valence-corrected chi connectivity index (χ1v) is 6.70. The molecule has 1 heterocycles. The van der Waals surface area contributed by atoms with Crippen molar-refractivity contribution in [1.29, 1.82) is 0 Å².